The van der Waals surface area contributed by atoms with Crippen molar-refractivity contribution in [3.05, 3.63) is 23.8 Å². The lowest BCUT2D eigenvalue weighted by Gasteiger charge is -2.14. The molecule has 0 saturated heterocycles. The lowest BCUT2D eigenvalue weighted by molar-refractivity contribution is 0.0868. The van der Waals surface area contributed by atoms with E-state index in [0.29, 0.717) is 6.10 Å². The van der Waals surface area contributed by atoms with Gasteiger partial charge in [0.15, 0.2) is 0 Å². The molecule has 0 fully saturated rings. The predicted octanol–water partition coefficient (Wildman–Crippen LogP) is 2.69. The largest absolute Gasteiger partial charge is 0.374 e. The Labute approximate surface area is 68.8 Å². The molecule has 1 rings (SSSR count). The van der Waals surface area contributed by atoms with Gasteiger partial charge in [-0.1, -0.05) is 30.7 Å². The van der Waals surface area contributed by atoms with Gasteiger partial charge < -0.3 is 4.74 Å². The van der Waals surface area contributed by atoms with Gasteiger partial charge in [0.2, 0.25) is 0 Å². The number of rotatable bonds is 3. The first kappa shape index (κ1) is 8.54. The predicted molar refractivity (Wildman–Crippen MR) is 47.5 cm³/mol. The highest BCUT2D eigenvalue weighted by molar-refractivity contribution is 5.21. The number of hydrogen-bond acceptors (Lipinski definition) is 1. The Balaban J connectivity index is 2.25. The molecule has 0 spiro atoms. The Bertz CT molecular complexity index is 168. The summed E-state index contributed by atoms with van der Waals surface area (Å²) >= 11 is 0. The van der Waals surface area contributed by atoms with E-state index >= 15 is 0 Å². The highest BCUT2D eigenvalue weighted by Gasteiger charge is 2.05. The summed E-state index contributed by atoms with van der Waals surface area (Å²) in [6.07, 6.45) is 8.98. The zero-order chi connectivity index (χ0) is 8.10. The average molecular weight is 152 g/mol. The SMILES string of the molecule is CCCOC1C=CC(C)=CC1. The summed E-state index contributed by atoms with van der Waals surface area (Å²) in [5.74, 6) is 0. The Morgan fingerprint density at radius 1 is 1.64 bits per heavy atom. The Kier molecular flexibility index (Phi) is 3.37. The van der Waals surface area contributed by atoms with E-state index < -0.39 is 0 Å². The molecule has 1 heteroatoms. The van der Waals surface area contributed by atoms with E-state index in [0.717, 1.165) is 19.4 Å². The maximum Gasteiger partial charge on any atom is 0.0793 e. The van der Waals surface area contributed by atoms with E-state index in [2.05, 4.69) is 32.1 Å². The van der Waals surface area contributed by atoms with Crippen molar-refractivity contribution in [2.24, 2.45) is 0 Å². The zero-order valence-electron chi connectivity index (χ0n) is 7.34. The second-order valence-electron chi connectivity index (χ2n) is 2.95. The van der Waals surface area contributed by atoms with Crippen LogP contribution >= 0.6 is 0 Å². The molecule has 0 saturated carbocycles. The third-order valence-electron chi connectivity index (χ3n) is 1.78. The molecule has 0 N–H and O–H groups in total. The molecule has 0 radical (unpaired) electrons. The van der Waals surface area contributed by atoms with Gasteiger partial charge in [-0.2, -0.15) is 0 Å². The van der Waals surface area contributed by atoms with Gasteiger partial charge in [-0.15, -0.1) is 0 Å². The van der Waals surface area contributed by atoms with Crippen LogP contribution < -0.4 is 0 Å². The molecule has 0 aliphatic heterocycles. The first-order chi connectivity index (χ1) is 5.33. The highest BCUT2D eigenvalue weighted by Crippen LogP contribution is 2.12. The van der Waals surface area contributed by atoms with Crippen molar-refractivity contribution in [1.29, 1.82) is 0 Å². The van der Waals surface area contributed by atoms with Crippen molar-refractivity contribution in [2.45, 2.75) is 32.8 Å². The zero-order valence-corrected chi connectivity index (χ0v) is 7.34. The van der Waals surface area contributed by atoms with Gasteiger partial charge in [0.25, 0.3) is 0 Å². The minimum absolute atomic E-state index is 0.332. The van der Waals surface area contributed by atoms with Gasteiger partial charge in [-0.25, -0.2) is 0 Å². The van der Waals surface area contributed by atoms with Crippen LogP contribution in [0.25, 0.3) is 0 Å². The van der Waals surface area contributed by atoms with Gasteiger partial charge in [-0.3, -0.25) is 0 Å². The molecule has 1 atom stereocenters. The van der Waals surface area contributed by atoms with Gasteiger partial charge >= 0.3 is 0 Å². The maximum absolute atomic E-state index is 5.55. The van der Waals surface area contributed by atoms with Crippen LogP contribution in [-0.4, -0.2) is 12.7 Å². The van der Waals surface area contributed by atoms with Crippen molar-refractivity contribution in [3.8, 4) is 0 Å². The van der Waals surface area contributed by atoms with E-state index in [-0.39, 0.29) is 0 Å². The minimum Gasteiger partial charge on any atom is -0.374 e. The molecule has 1 aliphatic carbocycles. The van der Waals surface area contributed by atoms with E-state index in [9.17, 15) is 0 Å². The number of allylic oxidation sites excluding steroid dienone is 2. The summed E-state index contributed by atoms with van der Waals surface area (Å²) in [5.41, 5.74) is 1.35. The molecule has 1 unspecified atom stereocenters. The second-order valence-corrected chi connectivity index (χ2v) is 2.95. The Morgan fingerprint density at radius 2 is 2.45 bits per heavy atom. The van der Waals surface area contributed by atoms with Crippen molar-refractivity contribution >= 4 is 0 Å². The van der Waals surface area contributed by atoms with Gasteiger partial charge in [0.1, 0.15) is 0 Å². The van der Waals surface area contributed by atoms with Crippen LogP contribution in [0.1, 0.15) is 26.7 Å². The molecule has 0 amide bonds. The van der Waals surface area contributed by atoms with E-state index in [1.165, 1.54) is 5.57 Å². The number of ether oxygens (including phenoxy) is 1. The Morgan fingerprint density at radius 3 is 3.00 bits per heavy atom. The van der Waals surface area contributed by atoms with Crippen molar-refractivity contribution in [2.75, 3.05) is 6.61 Å². The molecule has 0 heterocycles. The fraction of sp³-hybridized carbons (Fsp3) is 0.600. The van der Waals surface area contributed by atoms with Crippen LogP contribution in [0.15, 0.2) is 23.8 Å². The van der Waals surface area contributed by atoms with Crippen LogP contribution in [0.3, 0.4) is 0 Å². The monoisotopic (exact) mass is 152 g/mol. The molecule has 1 aliphatic rings. The summed E-state index contributed by atoms with van der Waals surface area (Å²) in [4.78, 5) is 0. The van der Waals surface area contributed by atoms with E-state index in [1.54, 1.807) is 0 Å². The van der Waals surface area contributed by atoms with E-state index in [4.69, 9.17) is 4.74 Å². The first-order valence-electron chi connectivity index (χ1n) is 4.29. The van der Waals surface area contributed by atoms with Crippen molar-refractivity contribution in [1.82, 2.24) is 0 Å². The molecular weight excluding hydrogens is 136 g/mol. The maximum atomic E-state index is 5.55. The molecule has 11 heavy (non-hydrogen) atoms. The average Bonchev–Trinajstić information content (AvgIpc) is 2.04. The standard InChI is InChI=1S/C10H16O/c1-3-8-11-10-6-4-9(2)5-7-10/h4-6,10H,3,7-8H2,1-2H3. The third-order valence-corrected chi connectivity index (χ3v) is 1.78. The second kappa shape index (κ2) is 4.35. The summed E-state index contributed by atoms with van der Waals surface area (Å²) in [6, 6.07) is 0. The fourth-order valence-corrected chi connectivity index (χ4v) is 1.10. The van der Waals surface area contributed by atoms with Crippen molar-refractivity contribution < 1.29 is 4.74 Å². The number of hydrogen-bond donors (Lipinski definition) is 0. The first-order valence-corrected chi connectivity index (χ1v) is 4.29. The summed E-state index contributed by atoms with van der Waals surface area (Å²) in [5, 5.41) is 0. The van der Waals surface area contributed by atoms with Gasteiger partial charge in [0, 0.05) is 6.61 Å². The fourth-order valence-electron chi connectivity index (χ4n) is 1.10. The van der Waals surface area contributed by atoms with Gasteiger partial charge in [0.05, 0.1) is 6.10 Å². The molecule has 0 aromatic rings. The summed E-state index contributed by atoms with van der Waals surface area (Å²) in [7, 11) is 0. The summed E-state index contributed by atoms with van der Waals surface area (Å²) < 4.78 is 5.55. The van der Waals surface area contributed by atoms with Crippen LogP contribution in [0, 0.1) is 0 Å². The molecule has 62 valence electrons. The molecular formula is C10H16O. The topological polar surface area (TPSA) is 9.23 Å². The lowest BCUT2D eigenvalue weighted by atomic mass is 10.1. The summed E-state index contributed by atoms with van der Waals surface area (Å²) in [6.45, 7) is 5.13. The normalized spacial score (nSPS) is 23.5. The van der Waals surface area contributed by atoms with Crippen LogP contribution in [0.4, 0.5) is 0 Å². The minimum atomic E-state index is 0.332. The molecule has 0 aromatic heterocycles. The van der Waals surface area contributed by atoms with Gasteiger partial charge in [-0.05, 0) is 19.8 Å². The quantitative estimate of drug-likeness (QED) is 0.604. The van der Waals surface area contributed by atoms with Crippen LogP contribution in [0.2, 0.25) is 0 Å². The molecule has 1 nitrogen and oxygen atoms in total. The third kappa shape index (κ3) is 2.89. The Hall–Kier alpha value is -0.560. The smallest absolute Gasteiger partial charge is 0.0793 e. The van der Waals surface area contributed by atoms with Crippen molar-refractivity contribution in [3.63, 3.8) is 0 Å². The highest BCUT2D eigenvalue weighted by atomic mass is 16.5. The van der Waals surface area contributed by atoms with E-state index in [1.807, 2.05) is 0 Å². The molecule has 0 aromatic carbocycles. The van der Waals surface area contributed by atoms with Crippen LogP contribution in [-0.2, 0) is 4.74 Å². The van der Waals surface area contributed by atoms with Crippen LogP contribution in [0.5, 0.6) is 0 Å². The molecule has 0 bridgehead atoms. The lowest BCUT2D eigenvalue weighted by Crippen LogP contribution is -2.11.